The normalized spacial score (nSPS) is 9.94. The predicted molar refractivity (Wildman–Crippen MR) is 64.2 cm³/mol. The molecule has 86 valence electrons. The highest BCUT2D eigenvalue weighted by atomic mass is 16.5. The largest absolute Gasteiger partial charge is 0.491 e. The van der Waals surface area contributed by atoms with Gasteiger partial charge >= 0.3 is 0 Å². The summed E-state index contributed by atoms with van der Waals surface area (Å²) in [6.07, 6.45) is 3.17. The van der Waals surface area contributed by atoms with E-state index >= 15 is 0 Å². The van der Waals surface area contributed by atoms with E-state index in [1.165, 1.54) is 5.56 Å². The molecule has 0 fully saturated rings. The van der Waals surface area contributed by atoms with E-state index in [2.05, 4.69) is 6.19 Å². The third-order valence-corrected chi connectivity index (χ3v) is 2.20. The van der Waals surface area contributed by atoms with Gasteiger partial charge in [0.05, 0.1) is 6.10 Å². The maximum atomic E-state index is 8.61. The van der Waals surface area contributed by atoms with Crippen molar-refractivity contribution in [1.82, 2.24) is 4.90 Å². The smallest absolute Gasteiger partial charge is 0.179 e. The minimum absolute atomic E-state index is 0.204. The molecule has 1 aromatic carbocycles. The second kappa shape index (κ2) is 6.02. The Morgan fingerprint density at radius 1 is 1.31 bits per heavy atom. The topological polar surface area (TPSA) is 36.3 Å². The summed E-state index contributed by atoms with van der Waals surface area (Å²) in [5.74, 6) is 0.896. The first-order valence-electron chi connectivity index (χ1n) is 5.48. The molecule has 1 aromatic rings. The molecule has 0 unspecified atom stereocenters. The SMILES string of the molecule is CC(C)Oc1ccc(CCN(C)C#N)cc1. The van der Waals surface area contributed by atoms with Crippen molar-refractivity contribution >= 4 is 0 Å². The monoisotopic (exact) mass is 218 g/mol. The van der Waals surface area contributed by atoms with Gasteiger partial charge in [0.2, 0.25) is 0 Å². The quantitative estimate of drug-likeness (QED) is 0.562. The highest BCUT2D eigenvalue weighted by molar-refractivity contribution is 5.27. The number of nitrogens with zero attached hydrogens (tertiary/aromatic N) is 2. The molecule has 0 amide bonds. The third kappa shape index (κ3) is 4.22. The number of rotatable bonds is 5. The fraction of sp³-hybridized carbons (Fsp3) is 0.462. The van der Waals surface area contributed by atoms with Crippen LogP contribution in [0.3, 0.4) is 0 Å². The lowest BCUT2D eigenvalue weighted by atomic mass is 10.1. The number of hydrogen-bond donors (Lipinski definition) is 0. The molecule has 0 spiro atoms. The molecule has 0 aliphatic carbocycles. The number of hydrogen-bond acceptors (Lipinski definition) is 3. The summed E-state index contributed by atoms with van der Waals surface area (Å²) in [7, 11) is 1.79. The molecule has 0 heterocycles. The van der Waals surface area contributed by atoms with Gasteiger partial charge in [0.1, 0.15) is 5.75 Å². The molecule has 0 bridgehead atoms. The molecule has 16 heavy (non-hydrogen) atoms. The van der Waals surface area contributed by atoms with Crippen LogP contribution in [0.25, 0.3) is 0 Å². The highest BCUT2D eigenvalue weighted by Gasteiger charge is 1.99. The van der Waals surface area contributed by atoms with Gasteiger partial charge in [0, 0.05) is 13.6 Å². The Kier molecular flexibility index (Phi) is 4.65. The van der Waals surface area contributed by atoms with Crippen LogP contribution in [0.4, 0.5) is 0 Å². The van der Waals surface area contributed by atoms with E-state index in [4.69, 9.17) is 10.00 Å². The van der Waals surface area contributed by atoms with Crippen LogP contribution < -0.4 is 4.74 Å². The second-order valence-corrected chi connectivity index (χ2v) is 4.08. The standard InChI is InChI=1S/C13H18N2O/c1-11(2)16-13-6-4-12(5-7-13)8-9-15(3)10-14/h4-7,11H,8-9H2,1-3H3. The minimum atomic E-state index is 0.204. The molecular weight excluding hydrogens is 200 g/mol. The highest BCUT2D eigenvalue weighted by Crippen LogP contribution is 2.14. The summed E-state index contributed by atoms with van der Waals surface area (Å²) >= 11 is 0. The summed E-state index contributed by atoms with van der Waals surface area (Å²) < 4.78 is 5.55. The van der Waals surface area contributed by atoms with E-state index < -0.39 is 0 Å². The minimum Gasteiger partial charge on any atom is -0.491 e. The van der Waals surface area contributed by atoms with Gasteiger partial charge in [-0.3, -0.25) is 0 Å². The summed E-state index contributed by atoms with van der Waals surface area (Å²) in [4.78, 5) is 1.62. The van der Waals surface area contributed by atoms with E-state index in [0.29, 0.717) is 0 Å². The fourth-order valence-electron chi connectivity index (χ4n) is 1.35. The zero-order valence-electron chi connectivity index (χ0n) is 10.1. The molecule has 0 saturated carbocycles. The van der Waals surface area contributed by atoms with Crippen LogP contribution in [0.5, 0.6) is 5.75 Å². The number of benzene rings is 1. The van der Waals surface area contributed by atoms with Crippen LogP contribution in [0.15, 0.2) is 24.3 Å². The second-order valence-electron chi connectivity index (χ2n) is 4.08. The van der Waals surface area contributed by atoms with Gasteiger partial charge < -0.3 is 9.64 Å². The van der Waals surface area contributed by atoms with Gasteiger partial charge in [-0.05, 0) is 38.0 Å². The summed E-state index contributed by atoms with van der Waals surface area (Å²) in [6, 6.07) is 8.04. The maximum absolute atomic E-state index is 8.61. The first-order chi connectivity index (χ1) is 7.61. The summed E-state index contributed by atoms with van der Waals surface area (Å²) in [5, 5.41) is 8.61. The average molecular weight is 218 g/mol. The van der Waals surface area contributed by atoms with E-state index in [9.17, 15) is 0 Å². The Bertz CT molecular complexity index is 351. The van der Waals surface area contributed by atoms with Gasteiger partial charge in [-0.2, -0.15) is 5.26 Å². The third-order valence-electron chi connectivity index (χ3n) is 2.20. The Hall–Kier alpha value is -1.69. The van der Waals surface area contributed by atoms with Crippen molar-refractivity contribution in [1.29, 1.82) is 5.26 Å². The predicted octanol–water partition coefficient (Wildman–Crippen LogP) is 2.43. The van der Waals surface area contributed by atoms with Crippen molar-refractivity contribution in [3.63, 3.8) is 0 Å². The van der Waals surface area contributed by atoms with Crippen LogP contribution in [0.1, 0.15) is 19.4 Å². The molecule has 1 rings (SSSR count). The molecule has 0 saturated heterocycles. The zero-order chi connectivity index (χ0) is 12.0. The molecule has 0 aliphatic heterocycles. The lowest BCUT2D eigenvalue weighted by Crippen LogP contribution is -2.14. The van der Waals surface area contributed by atoms with Crippen molar-refractivity contribution in [3.8, 4) is 11.9 Å². The van der Waals surface area contributed by atoms with Crippen molar-refractivity contribution in [2.75, 3.05) is 13.6 Å². The van der Waals surface area contributed by atoms with Crippen molar-refractivity contribution in [2.24, 2.45) is 0 Å². The van der Waals surface area contributed by atoms with Crippen molar-refractivity contribution in [3.05, 3.63) is 29.8 Å². The van der Waals surface area contributed by atoms with Crippen LogP contribution in [-0.2, 0) is 6.42 Å². The van der Waals surface area contributed by atoms with Gasteiger partial charge in [-0.15, -0.1) is 0 Å². The van der Waals surface area contributed by atoms with Gasteiger partial charge in [0.15, 0.2) is 6.19 Å². The summed E-state index contributed by atoms with van der Waals surface area (Å²) in [5.41, 5.74) is 1.22. The van der Waals surface area contributed by atoms with E-state index in [-0.39, 0.29) is 6.10 Å². The first kappa shape index (κ1) is 12.4. The lowest BCUT2D eigenvalue weighted by Gasteiger charge is -2.11. The lowest BCUT2D eigenvalue weighted by molar-refractivity contribution is 0.242. The Morgan fingerprint density at radius 2 is 1.94 bits per heavy atom. The molecule has 0 radical (unpaired) electrons. The average Bonchev–Trinajstić information content (AvgIpc) is 2.27. The molecule has 3 heteroatoms. The zero-order valence-corrected chi connectivity index (χ0v) is 10.1. The molecule has 0 atom stereocenters. The molecule has 0 aliphatic rings. The maximum Gasteiger partial charge on any atom is 0.179 e. The van der Waals surface area contributed by atoms with Gasteiger partial charge in [-0.25, -0.2) is 0 Å². The summed E-state index contributed by atoms with van der Waals surface area (Å²) in [6.45, 7) is 4.77. The number of ether oxygens (including phenoxy) is 1. The van der Waals surface area contributed by atoms with Gasteiger partial charge in [0.25, 0.3) is 0 Å². The number of likely N-dealkylation sites (N-methyl/N-ethyl adjacent to an activating group) is 1. The molecule has 0 aromatic heterocycles. The Labute approximate surface area is 97.3 Å². The molecule has 0 N–H and O–H groups in total. The number of nitriles is 1. The molecular formula is C13H18N2O. The van der Waals surface area contributed by atoms with Crippen LogP contribution >= 0.6 is 0 Å². The Balaban J connectivity index is 2.49. The Morgan fingerprint density at radius 3 is 2.44 bits per heavy atom. The van der Waals surface area contributed by atoms with Crippen LogP contribution in [0, 0.1) is 11.5 Å². The molecule has 3 nitrogen and oxygen atoms in total. The van der Waals surface area contributed by atoms with E-state index in [0.717, 1.165) is 18.7 Å². The van der Waals surface area contributed by atoms with Crippen LogP contribution in [-0.4, -0.2) is 24.6 Å². The van der Waals surface area contributed by atoms with Gasteiger partial charge in [-0.1, -0.05) is 12.1 Å². The van der Waals surface area contributed by atoms with Crippen molar-refractivity contribution < 1.29 is 4.74 Å². The fourth-order valence-corrected chi connectivity index (χ4v) is 1.35. The van der Waals surface area contributed by atoms with E-state index in [1.54, 1.807) is 11.9 Å². The van der Waals surface area contributed by atoms with Crippen molar-refractivity contribution in [2.45, 2.75) is 26.4 Å². The first-order valence-corrected chi connectivity index (χ1v) is 5.48. The van der Waals surface area contributed by atoms with Crippen LogP contribution in [0.2, 0.25) is 0 Å². The van der Waals surface area contributed by atoms with E-state index in [1.807, 2.05) is 38.1 Å².